The minimum atomic E-state index is -3.64. The Balaban J connectivity index is 1.87. The van der Waals surface area contributed by atoms with Gasteiger partial charge in [0.25, 0.3) is 0 Å². The SMILES string of the molecule is CCCNc1ccnc(NCCc2ccc(S(N)(=O)=O)cc2)n1. The third-order valence-electron chi connectivity index (χ3n) is 3.16. The zero-order valence-corrected chi connectivity index (χ0v) is 13.8. The van der Waals surface area contributed by atoms with Gasteiger partial charge in [0, 0.05) is 19.3 Å². The van der Waals surface area contributed by atoms with Crippen molar-refractivity contribution in [2.45, 2.75) is 24.7 Å². The zero-order chi connectivity index (χ0) is 16.7. The number of aromatic nitrogens is 2. The van der Waals surface area contributed by atoms with Crippen LogP contribution in [0.4, 0.5) is 11.8 Å². The van der Waals surface area contributed by atoms with Crippen LogP contribution < -0.4 is 15.8 Å². The molecule has 4 N–H and O–H groups in total. The summed E-state index contributed by atoms with van der Waals surface area (Å²) in [5.74, 6) is 1.36. The molecule has 23 heavy (non-hydrogen) atoms. The molecule has 124 valence electrons. The summed E-state index contributed by atoms with van der Waals surface area (Å²) in [4.78, 5) is 8.64. The van der Waals surface area contributed by atoms with E-state index in [-0.39, 0.29) is 4.90 Å². The average molecular weight is 335 g/mol. The number of benzene rings is 1. The number of rotatable bonds is 8. The zero-order valence-electron chi connectivity index (χ0n) is 13.0. The normalized spacial score (nSPS) is 11.2. The van der Waals surface area contributed by atoms with E-state index in [9.17, 15) is 8.42 Å². The molecular weight excluding hydrogens is 314 g/mol. The molecule has 0 spiro atoms. The average Bonchev–Trinajstić information content (AvgIpc) is 2.53. The Morgan fingerprint density at radius 2 is 1.83 bits per heavy atom. The Bertz CT molecular complexity index is 732. The van der Waals surface area contributed by atoms with E-state index in [2.05, 4.69) is 27.5 Å². The van der Waals surface area contributed by atoms with Crippen LogP contribution in [0.1, 0.15) is 18.9 Å². The molecule has 0 unspecified atom stereocenters. The van der Waals surface area contributed by atoms with Crippen molar-refractivity contribution in [2.24, 2.45) is 5.14 Å². The van der Waals surface area contributed by atoms with Crippen LogP contribution in [0.2, 0.25) is 0 Å². The number of primary sulfonamides is 1. The summed E-state index contributed by atoms with van der Waals surface area (Å²) in [5.41, 5.74) is 1.00. The van der Waals surface area contributed by atoms with Gasteiger partial charge in [-0.3, -0.25) is 0 Å². The van der Waals surface area contributed by atoms with Crippen molar-refractivity contribution < 1.29 is 8.42 Å². The minimum Gasteiger partial charge on any atom is -0.370 e. The van der Waals surface area contributed by atoms with Gasteiger partial charge in [-0.1, -0.05) is 19.1 Å². The molecule has 0 aliphatic carbocycles. The van der Waals surface area contributed by atoms with Crippen molar-refractivity contribution in [1.29, 1.82) is 0 Å². The third kappa shape index (κ3) is 5.50. The Hall–Kier alpha value is -2.19. The fourth-order valence-electron chi connectivity index (χ4n) is 1.96. The molecule has 0 atom stereocenters. The van der Waals surface area contributed by atoms with Crippen molar-refractivity contribution >= 4 is 21.8 Å². The number of anilines is 2. The summed E-state index contributed by atoms with van der Waals surface area (Å²) in [5, 5.41) is 11.4. The van der Waals surface area contributed by atoms with E-state index in [0.717, 1.165) is 30.8 Å². The fraction of sp³-hybridized carbons (Fsp3) is 0.333. The van der Waals surface area contributed by atoms with Crippen LogP contribution in [-0.2, 0) is 16.4 Å². The Morgan fingerprint density at radius 3 is 2.48 bits per heavy atom. The molecule has 7 nitrogen and oxygen atoms in total. The maximum Gasteiger partial charge on any atom is 0.238 e. The predicted molar refractivity (Wildman–Crippen MR) is 90.8 cm³/mol. The number of nitrogens with one attached hydrogen (secondary N) is 2. The Morgan fingerprint density at radius 1 is 1.09 bits per heavy atom. The number of nitrogens with two attached hydrogens (primary N) is 1. The first kappa shape index (κ1) is 17.2. The summed E-state index contributed by atoms with van der Waals surface area (Å²) in [6.45, 7) is 3.60. The molecule has 2 rings (SSSR count). The van der Waals surface area contributed by atoms with Gasteiger partial charge in [-0.15, -0.1) is 0 Å². The molecular formula is C15H21N5O2S. The first-order valence-corrected chi connectivity index (χ1v) is 8.96. The highest BCUT2D eigenvalue weighted by molar-refractivity contribution is 7.89. The quantitative estimate of drug-likeness (QED) is 0.676. The summed E-state index contributed by atoms with van der Waals surface area (Å²) < 4.78 is 22.4. The van der Waals surface area contributed by atoms with Gasteiger partial charge in [-0.25, -0.2) is 18.5 Å². The van der Waals surface area contributed by atoms with Crippen molar-refractivity contribution in [2.75, 3.05) is 23.7 Å². The highest BCUT2D eigenvalue weighted by Gasteiger charge is 2.06. The van der Waals surface area contributed by atoms with E-state index in [0.29, 0.717) is 12.5 Å². The molecule has 0 amide bonds. The lowest BCUT2D eigenvalue weighted by Gasteiger charge is -2.08. The fourth-order valence-corrected chi connectivity index (χ4v) is 2.48. The Kier molecular flexibility index (Phi) is 5.89. The number of hydrogen-bond acceptors (Lipinski definition) is 6. The summed E-state index contributed by atoms with van der Waals surface area (Å²) >= 11 is 0. The molecule has 0 fully saturated rings. The second-order valence-corrected chi connectivity index (χ2v) is 6.62. The van der Waals surface area contributed by atoms with Gasteiger partial charge in [-0.05, 0) is 36.6 Å². The maximum atomic E-state index is 11.2. The summed E-state index contributed by atoms with van der Waals surface area (Å²) in [6, 6.07) is 8.35. The predicted octanol–water partition coefficient (Wildman–Crippen LogP) is 1.60. The second kappa shape index (κ2) is 7.89. The van der Waals surface area contributed by atoms with Gasteiger partial charge in [0.15, 0.2) is 0 Å². The number of sulfonamides is 1. The van der Waals surface area contributed by atoms with Crippen molar-refractivity contribution in [3.8, 4) is 0 Å². The van der Waals surface area contributed by atoms with E-state index in [4.69, 9.17) is 5.14 Å². The number of nitrogens with zero attached hydrogens (tertiary/aromatic N) is 2. The van der Waals surface area contributed by atoms with Gasteiger partial charge in [-0.2, -0.15) is 4.98 Å². The van der Waals surface area contributed by atoms with Gasteiger partial charge in [0.1, 0.15) is 5.82 Å². The second-order valence-electron chi connectivity index (χ2n) is 5.06. The van der Waals surface area contributed by atoms with Crippen LogP contribution in [0.15, 0.2) is 41.4 Å². The van der Waals surface area contributed by atoms with E-state index < -0.39 is 10.0 Å². The summed E-state index contributed by atoms with van der Waals surface area (Å²) in [7, 11) is -3.64. The largest absolute Gasteiger partial charge is 0.370 e. The molecule has 1 aromatic heterocycles. The molecule has 0 aliphatic heterocycles. The molecule has 1 heterocycles. The molecule has 0 radical (unpaired) electrons. The van der Waals surface area contributed by atoms with Gasteiger partial charge >= 0.3 is 0 Å². The lowest BCUT2D eigenvalue weighted by molar-refractivity contribution is 0.598. The summed E-state index contributed by atoms with van der Waals surface area (Å²) in [6.07, 6.45) is 3.45. The third-order valence-corrected chi connectivity index (χ3v) is 4.09. The smallest absolute Gasteiger partial charge is 0.238 e. The topological polar surface area (TPSA) is 110 Å². The molecule has 0 aliphatic rings. The van der Waals surface area contributed by atoms with E-state index >= 15 is 0 Å². The van der Waals surface area contributed by atoms with Crippen LogP contribution in [0.5, 0.6) is 0 Å². The highest BCUT2D eigenvalue weighted by Crippen LogP contribution is 2.10. The lowest BCUT2D eigenvalue weighted by Crippen LogP contribution is -2.12. The van der Waals surface area contributed by atoms with Gasteiger partial charge in [0.2, 0.25) is 16.0 Å². The van der Waals surface area contributed by atoms with E-state index in [1.165, 1.54) is 12.1 Å². The van der Waals surface area contributed by atoms with Crippen molar-refractivity contribution in [3.63, 3.8) is 0 Å². The molecule has 0 saturated heterocycles. The van der Waals surface area contributed by atoms with Gasteiger partial charge < -0.3 is 10.6 Å². The maximum absolute atomic E-state index is 11.2. The van der Waals surface area contributed by atoms with Crippen LogP contribution in [0.25, 0.3) is 0 Å². The van der Waals surface area contributed by atoms with Crippen LogP contribution in [0.3, 0.4) is 0 Å². The van der Waals surface area contributed by atoms with Gasteiger partial charge in [0.05, 0.1) is 4.90 Å². The molecule has 0 saturated carbocycles. The van der Waals surface area contributed by atoms with E-state index in [1.54, 1.807) is 18.3 Å². The number of hydrogen-bond donors (Lipinski definition) is 3. The van der Waals surface area contributed by atoms with Crippen molar-refractivity contribution in [1.82, 2.24) is 9.97 Å². The highest BCUT2D eigenvalue weighted by atomic mass is 32.2. The van der Waals surface area contributed by atoms with E-state index in [1.807, 2.05) is 6.07 Å². The molecule has 1 aromatic carbocycles. The monoisotopic (exact) mass is 335 g/mol. The molecule has 0 bridgehead atoms. The first-order valence-electron chi connectivity index (χ1n) is 7.41. The minimum absolute atomic E-state index is 0.118. The standard InChI is InChI=1S/C15H21N5O2S/c1-2-9-17-14-8-11-19-15(20-14)18-10-7-12-3-5-13(6-4-12)23(16,21)22/h3-6,8,11H,2,7,9-10H2,1H3,(H2,16,21,22)(H2,17,18,19,20). The molecule has 8 heteroatoms. The van der Waals surface area contributed by atoms with Crippen LogP contribution in [-0.4, -0.2) is 31.5 Å². The lowest BCUT2D eigenvalue weighted by atomic mass is 10.1. The van der Waals surface area contributed by atoms with Crippen LogP contribution in [0, 0.1) is 0 Å². The van der Waals surface area contributed by atoms with Crippen LogP contribution >= 0.6 is 0 Å². The Labute approximate surface area is 136 Å². The van der Waals surface area contributed by atoms with Crippen molar-refractivity contribution in [3.05, 3.63) is 42.1 Å². The molecule has 2 aromatic rings. The first-order chi connectivity index (χ1) is 11.0.